The van der Waals surface area contributed by atoms with E-state index in [-0.39, 0.29) is 24.1 Å². The fraction of sp³-hybridized carbons (Fsp3) is 0.517. The first-order valence-electron chi connectivity index (χ1n) is 13.2. The molecule has 2 N–H and O–H groups in total. The number of nitrogens with zero attached hydrogens (tertiary/aromatic N) is 2. The van der Waals surface area contributed by atoms with E-state index in [4.69, 9.17) is 4.74 Å². The van der Waals surface area contributed by atoms with Gasteiger partial charge in [0, 0.05) is 41.4 Å². The second-order valence-electron chi connectivity index (χ2n) is 10.6. The number of nitrogens with one attached hydrogen (secondary N) is 2. The number of piperidine rings is 1. The van der Waals surface area contributed by atoms with Crippen LogP contribution in [0.25, 0.3) is 10.9 Å². The van der Waals surface area contributed by atoms with Crippen LogP contribution in [-0.2, 0) is 6.54 Å². The van der Waals surface area contributed by atoms with Crippen molar-refractivity contribution < 1.29 is 9.53 Å². The van der Waals surface area contributed by atoms with Gasteiger partial charge in [-0.15, -0.1) is 0 Å². The smallest absolute Gasteiger partial charge is 0.256 e. The third kappa shape index (κ3) is 5.32. The number of fused-ring (bicyclic) bond motifs is 1. The number of hydrogen-bond acceptors (Lipinski definition) is 4. The Labute approximate surface area is 222 Å². The molecule has 3 aromatic rings. The molecule has 0 radical (unpaired) electrons. The zero-order valence-corrected chi connectivity index (χ0v) is 24.1. The van der Waals surface area contributed by atoms with Crippen molar-refractivity contribution in [1.82, 2.24) is 19.2 Å². The van der Waals surface area contributed by atoms with Crippen molar-refractivity contribution in [3.8, 4) is 5.75 Å². The van der Waals surface area contributed by atoms with Gasteiger partial charge in [0.2, 0.25) is 0 Å². The zero-order valence-electron chi connectivity index (χ0n) is 23.3. The number of aromatic nitrogens is 2. The Bertz CT molecular complexity index is 1330. The molecule has 1 aromatic carbocycles. The van der Waals surface area contributed by atoms with Gasteiger partial charge in [-0.25, -0.2) is 0 Å². The summed E-state index contributed by atoms with van der Waals surface area (Å²) in [5.74, 6) is 2.09. The van der Waals surface area contributed by atoms with Crippen LogP contribution >= 0.6 is 10.2 Å². The van der Waals surface area contributed by atoms with E-state index in [0.29, 0.717) is 22.8 Å². The minimum Gasteiger partial charge on any atom is -0.496 e. The maximum atomic E-state index is 13.5. The molecule has 1 atom stereocenters. The number of methoxy groups -OCH3 is 1. The van der Waals surface area contributed by atoms with E-state index in [1.807, 2.05) is 25.1 Å². The number of hydrogen-bond donors (Lipinski definition) is 2. The molecule has 2 aromatic heterocycles. The largest absolute Gasteiger partial charge is 0.496 e. The van der Waals surface area contributed by atoms with Gasteiger partial charge in [-0.05, 0) is 69.9 Å². The van der Waals surface area contributed by atoms with Crippen molar-refractivity contribution in [2.45, 2.75) is 53.1 Å². The molecule has 7 nitrogen and oxygen atoms in total. The monoisotopic (exact) mass is 526 g/mol. The van der Waals surface area contributed by atoms with Crippen LogP contribution in [0, 0.1) is 19.8 Å². The normalized spacial score (nSPS) is 16.6. The average Bonchev–Trinajstić information content (AvgIpc) is 3.18. The van der Waals surface area contributed by atoms with E-state index in [1.165, 1.54) is 25.7 Å². The number of ether oxygens (including phenoxy) is 1. The molecule has 1 saturated heterocycles. The maximum absolute atomic E-state index is 13.5. The van der Waals surface area contributed by atoms with Crippen LogP contribution in [0.2, 0.25) is 0 Å². The first kappa shape index (κ1) is 27.3. The Morgan fingerprint density at radius 3 is 2.54 bits per heavy atom. The first-order chi connectivity index (χ1) is 17.6. The fourth-order valence-corrected chi connectivity index (χ4v) is 7.31. The lowest BCUT2D eigenvalue weighted by atomic mass is 9.91. The number of para-hydroxylation sites is 1. The van der Waals surface area contributed by atoms with Gasteiger partial charge in [0.05, 0.1) is 24.8 Å². The van der Waals surface area contributed by atoms with Gasteiger partial charge in [-0.3, -0.25) is 13.9 Å². The Balaban J connectivity index is 1.60. The topological polar surface area (TPSA) is 79.4 Å². The molecule has 4 rings (SSSR count). The molecular weight excluding hydrogens is 484 g/mol. The third-order valence-electron chi connectivity index (χ3n) is 8.25. The molecule has 3 heterocycles. The predicted octanol–water partition coefficient (Wildman–Crippen LogP) is 5.16. The second kappa shape index (κ2) is 11.0. The van der Waals surface area contributed by atoms with Crippen LogP contribution < -0.4 is 15.6 Å². The summed E-state index contributed by atoms with van der Waals surface area (Å²) >= 11 is 0. The summed E-state index contributed by atoms with van der Waals surface area (Å²) in [6.45, 7) is 10.8. The highest BCUT2D eigenvalue weighted by molar-refractivity contribution is 8.30. The molecule has 1 aliphatic rings. The van der Waals surface area contributed by atoms with Crippen molar-refractivity contribution in [2.75, 3.05) is 38.5 Å². The minimum atomic E-state index is -0.685. The maximum Gasteiger partial charge on any atom is 0.256 e. The van der Waals surface area contributed by atoms with Crippen LogP contribution in [0.15, 0.2) is 35.1 Å². The molecular formula is C29H42N4O3S. The first-order valence-corrected chi connectivity index (χ1v) is 15.8. The standard InChI is InChI=1S/C29H42N4O3S/c1-8-37(6,7)32-15-13-22(14-16-32)20(3)33-21(4)27(23-11-9-10-12-25(23)33)29(35)30-18-24-26(36-5)17-19(2)31-28(24)34/h9-12,17,20,22H,8,13-16,18H2,1-7H3,(H,30,35)(H,31,34)/t20-/m1/s1. The molecule has 1 fully saturated rings. The molecule has 1 amide bonds. The number of amides is 1. The number of aromatic amines is 1. The third-order valence-corrected chi connectivity index (χ3v) is 11.4. The summed E-state index contributed by atoms with van der Waals surface area (Å²) in [4.78, 5) is 28.9. The zero-order chi connectivity index (χ0) is 26.9. The van der Waals surface area contributed by atoms with E-state index >= 15 is 0 Å². The van der Waals surface area contributed by atoms with Crippen LogP contribution in [0.5, 0.6) is 5.75 Å². The van der Waals surface area contributed by atoms with Crippen molar-refractivity contribution in [2.24, 2.45) is 5.92 Å². The van der Waals surface area contributed by atoms with E-state index < -0.39 is 10.2 Å². The van der Waals surface area contributed by atoms with E-state index in [2.05, 4.69) is 51.6 Å². The highest BCUT2D eigenvalue weighted by atomic mass is 32.3. The van der Waals surface area contributed by atoms with Gasteiger partial charge < -0.3 is 19.6 Å². The Hall–Kier alpha value is -2.71. The summed E-state index contributed by atoms with van der Waals surface area (Å²) < 4.78 is 10.5. The second-order valence-corrected chi connectivity index (χ2v) is 14.7. The van der Waals surface area contributed by atoms with Crippen molar-refractivity contribution in [3.63, 3.8) is 0 Å². The molecule has 1 aliphatic heterocycles. The van der Waals surface area contributed by atoms with E-state index in [0.717, 1.165) is 35.4 Å². The molecule has 37 heavy (non-hydrogen) atoms. The van der Waals surface area contributed by atoms with Crippen LogP contribution in [0.1, 0.15) is 60.0 Å². The lowest BCUT2D eigenvalue weighted by molar-refractivity contribution is 0.0951. The summed E-state index contributed by atoms with van der Waals surface area (Å²) in [6.07, 6.45) is 7.18. The summed E-state index contributed by atoms with van der Waals surface area (Å²) in [5.41, 5.74) is 3.63. The molecule has 0 unspecified atom stereocenters. The molecule has 0 bridgehead atoms. The van der Waals surface area contributed by atoms with Gasteiger partial charge in [0.15, 0.2) is 0 Å². The van der Waals surface area contributed by atoms with E-state index in [9.17, 15) is 9.59 Å². The van der Waals surface area contributed by atoms with Crippen molar-refractivity contribution >= 4 is 27.0 Å². The van der Waals surface area contributed by atoms with Gasteiger partial charge in [-0.1, -0.05) is 25.1 Å². The number of benzene rings is 1. The summed E-state index contributed by atoms with van der Waals surface area (Å²) in [5, 5.41) is 3.94. The quantitative estimate of drug-likeness (QED) is 0.425. The van der Waals surface area contributed by atoms with Crippen LogP contribution in [-0.4, -0.2) is 58.2 Å². The van der Waals surface area contributed by atoms with Crippen LogP contribution in [0.3, 0.4) is 0 Å². The summed E-state index contributed by atoms with van der Waals surface area (Å²) in [7, 11) is 0.851. The SMILES string of the molecule is CCS(C)(C)N1CCC([C@@H](C)n2c(C)c(C(=O)NCc3c(OC)cc(C)[nH]c3=O)c3ccccc32)CC1. The number of carbonyl (C=O) groups excluding carboxylic acids is 1. The minimum absolute atomic E-state index is 0.0973. The van der Waals surface area contributed by atoms with Gasteiger partial charge >= 0.3 is 0 Å². The average molecular weight is 527 g/mol. The number of H-pyrrole nitrogens is 1. The fourth-order valence-electron chi connectivity index (χ4n) is 5.74. The van der Waals surface area contributed by atoms with Crippen molar-refractivity contribution in [1.29, 1.82) is 0 Å². The predicted molar refractivity (Wildman–Crippen MR) is 155 cm³/mol. The Kier molecular flexibility index (Phi) is 8.09. The molecule has 0 saturated carbocycles. The van der Waals surface area contributed by atoms with Crippen LogP contribution in [0.4, 0.5) is 0 Å². The highest BCUT2D eigenvalue weighted by Gasteiger charge is 2.31. The van der Waals surface area contributed by atoms with Gasteiger partial charge in [-0.2, -0.15) is 10.2 Å². The van der Waals surface area contributed by atoms with Crippen molar-refractivity contribution in [3.05, 3.63) is 63.2 Å². The lowest BCUT2D eigenvalue weighted by Crippen LogP contribution is -2.38. The van der Waals surface area contributed by atoms with E-state index in [1.54, 1.807) is 13.0 Å². The Morgan fingerprint density at radius 2 is 1.89 bits per heavy atom. The number of aryl methyl sites for hydroxylation is 1. The highest BCUT2D eigenvalue weighted by Crippen LogP contribution is 2.47. The Morgan fingerprint density at radius 1 is 1.22 bits per heavy atom. The van der Waals surface area contributed by atoms with Gasteiger partial charge in [0.25, 0.3) is 11.5 Å². The number of carbonyl (C=O) groups is 1. The van der Waals surface area contributed by atoms with Gasteiger partial charge in [0.1, 0.15) is 5.75 Å². The molecule has 8 heteroatoms. The lowest BCUT2D eigenvalue weighted by Gasteiger charge is -2.47. The molecule has 202 valence electrons. The number of rotatable bonds is 8. The molecule has 0 spiro atoms. The summed E-state index contributed by atoms with van der Waals surface area (Å²) in [6, 6.07) is 10.2. The molecule has 0 aliphatic carbocycles. The number of pyridine rings is 1.